The zero-order valence-corrected chi connectivity index (χ0v) is 10.6. The molecule has 94 valence electrons. The minimum atomic E-state index is -0.950. The lowest BCUT2D eigenvalue weighted by atomic mass is 10.1. The molecule has 1 saturated carbocycles. The number of nitrogens with zero attached hydrogens (tertiary/aromatic N) is 2. The summed E-state index contributed by atoms with van der Waals surface area (Å²) in [5.74, 6) is -0.00619. The maximum absolute atomic E-state index is 11.3. The summed E-state index contributed by atoms with van der Waals surface area (Å²) in [7, 11) is 0. The Morgan fingerprint density at radius 1 is 1.65 bits per heavy atom. The molecule has 0 aromatic carbocycles. The Bertz CT molecular complexity index is 419. The molecule has 1 fully saturated rings. The Balaban J connectivity index is 1.95. The van der Waals surface area contributed by atoms with Crippen molar-refractivity contribution in [3.05, 3.63) is 5.89 Å². The number of carboxylic acids is 1. The first-order chi connectivity index (χ1) is 7.99. The van der Waals surface area contributed by atoms with E-state index in [9.17, 15) is 9.90 Å². The highest BCUT2D eigenvalue weighted by Gasteiger charge is 2.38. The van der Waals surface area contributed by atoms with Gasteiger partial charge in [0.2, 0.25) is 5.89 Å². The van der Waals surface area contributed by atoms with Crippen molar-refractivity contribution in [2.45, 2.75) is 43.5 Å². The zero-order valence-electron chi connectivity index (χ0n) is 9.77. The molecule has 1 aromatic rings. The number of aryl methyl sites for hydroxylation is 1. The normalized spacial score (nSPS) is 18.9. The van der Waals surface area contributed by atoms with Crippen molar-refractivity contribution < 1.29 is 14.3 Å². The predicted octanol–water partition coefficient (Wildman–Crippen LogP) is 1.07. The van der Waals surface area contributed by atoms with E-state index in [0.717, 1.165) is 12.8 Å². The molecule has 1 aromatic heterocycles. The Morgan fingerprint density at radius 3 is 2.82 bits per heavy atom. The van der Waals surface area contributed by atoms with Crippen molar-refractivity contribution in [1.29, 1.82) is 0 Å². The minimum absolute atomic E-state index is 0.334. The van der Waals surface area contributed by atoms with E-state index in [1.54, 1.807) is 13.8 Å². The molecule has 0 spiro atoms. The van der Waals surface area contributed by atoms with Crippen LogP contribution in [0.25, 0.3) is 0 Å². The molecule has 1 aliphatic carbocycles. The molecule has 1 unspecified atom stereocenters. The van der Waals surface area contributed by atoms with Gasteiger partial charge in [0.05, 0.1) is 0 Å². The Hall–Kier alpha value is -1.08. The number of nitrogens with one attached hydrogen (secondary N) is 1. The third-order valence-corrected chi connectivity index (χ3v) is 3.70. The van der Waals surface area contributed by atoms with Crippen LogP contribution in [0.2, 0.25) is 0 Å². The molecule has 0 bridgehead atoms. The summed E-state index contributed by atoms with van der Waals surface area (Å²) >= 11 is 1.26. The van der Waals surface area contributed by atoms with E-state index in [1.807, 2.05) is 0 Å². The number of carbonyl (C=O) groups is 1. The van der Waals surface area contributed by atoms with Crippen molar-refractivity contribution in [1.82, 2.24) is 15.5 Å². The fourth-order valence-corrected chi connectivity index (χ4v) is 2.28. The molecule has 17 heavy (non-hydrogen) atoms. The van der Waals surface area contributed by atoms with E-state index in [4.69, 9.17) is 4.42 Å². The highest BCUT2D eigenvalue weighted by Crippen LogP contribution is 2.27. The van der Waals surface area contributed by atoms with Gasteiger partial charge in [-0.3, -0.25) is 10.1 Å². The molecule has 2 N–H and O–H groups in total. The lowest BCUT2D eigenvalue weighted by molar-refractivity contribution is -0.143. The number of thioether (sulfide) groups is 1. The molecule has 2 rings (SSSR count). The SMILES string of the molecule is Cc1nnc(SCC(C)(NC2CC2)C(=O)O)o1. The standard InChI is InChI=1S/C10H15N3O3S/c1-6-12-13-9(16-6)17-5-10(2,8(14)15)11-7-3-4-7/h7,11H,3-5H2,1-2H3,(H,14,15). The van der Waals surface area contributed by atoms with Crippen LogP contribution in [0.3, 0.4) is 0 Å². The minimum Gasteiger partial charge on any atom is -0.480 e. The molecule has 0 radical (unpaired) electrons. The molecule has 1 atom stereocenters. The van der Waals surface area contributed by atoms with Gasteiger partial charge in [0, 0.05) is 18.7 Å². The van der Waals surface area contributed by atoms with Crippen molar-refractivity contribution in [3.63, 3.8) is 0 Å². The first-order valence-electron chi connectivity index (χ1n) is 5.43. The number of carboxylic acid groups (broad SMARTS) is 1. The van der Waals surface area contributed by atoms with Crippen LogP contribution in [0.4, 0.5) is 0 Å². The van der Waals surface area contributed by atoms with E-state index >= 15 is 0 Å². The number of hydrogen-bond acceptors (Lipinski definition) is 6. The Labute approximate surface area is 103 Å². The summed E-state index contributed by atoms with van der Waals surface area (Å²) in [6.45, 7) is 3.39. The topological polar surface area (TPSA) is 88.2 Å². The summed E-state index contributed by atoms with van der Waals surface area (Å²) < 4.78 is 5.20. The van der Waals surface area contributed by atoms with Gasteiger partial charge < -0.3 is 9.52 Å². The third kappa shape index (κ3) is 3.19. The second-order valence-electron chi connectivity index (χ2n) is 4.43. The van der Waals surface area contributed by atoms with E-state index in [2.05, 4.69) is 15.5 Å². The van der Waals surface area contributed by atoms with Crippen molar-refractivity contribution >= 4 is 17.7 Å². The van der Waals surface area contributed by atoms with Gasteiger partial charge in [-0.1, -0.05) is 11.8 Å². The third-order valence-electron chi connectivity index (χ3n) is 2.56. The summed E-state index contributed by atoms with van der Waals surface area (Å²) in [4.78, 5) is 11.3. The number of rotatable bonds is 6. The van der Waals surface area contributed by atoms with Crippen LogP contribution in [0.5, 0.6) is 0 Å². The van der Waals surface area contributed by atoms with Gasteiger partial charge in [-0.05, 0) is 19.8 Å². The van der Waals surface area contributed by atoms with E-state index in [-0.39, 0.29) is 0 Å². The largest absolute Gasteiger partial charge is 0.480 e. The number of hydrogen-bond donors (Lipinski definition) is 2. The van der Waals surface area contributed by atoms with Gasteiger partial charge in [0.1, 0.15) is 5.54 Å². The van der Waals surface area contributed by atoms with Crippen LogP contribution in [-0.4, -0.2) is 38.6 Å². The fourth-order valence-electron chi connectivity index (χ4n) is 1.39. The fraction of sp³-hybridized carbons (Fsp3) is 0.700. The second kappa shape index (κ2) is 4.66. The molecule has 0 amide bonds. The monoisotopic (exact) mass is 257 g/mol. The number of aromatic nitrogens is 2. The smallest absolute Gasteiger partial charge is 0.324 e. The second-order valence-corrected chi connectivity index (χ2v) is 5.36. The van der Waals surface area contributed by atoms with Crippen molar-refractivity contribution in [3.8, 4) is 0 Å². The average Bonchev–Trinajstić information content (AvgIpc) is 2.96. The molecule has 1 aliphatic rings. The van der Waals surface area contributed by atoms with Crippen LogP contribution >= 0.6 is 11.8 Å². The zero-order chi connectivity index (χ0) is 12.5. The molecule has 0 saturated heterocycles. The van der Waals surface area contributed by atoms with Gasteiger partial charge in [0.15, 0.2) is 0 Å². The Morgan fingerprint density at radius 2 is 2.35 bits per heavy atom. The maximum Gasteiger partial charge on any atom is 0.324 e. The van der Waals surface area contributed by atoms with Gasteiger partial charge in [-0.25, -0.2) is 0 Å². The highest BCUT2D eigenvalue weighted by atomic mass is 32.2. The first-order valence-corrected chi connectivity index (χ1v) is 6.42. The molecule has 0 aliphatic heterocycles. The van der Waals surface area contributed by atoms with Gasteiger partial charge in [-0.2, -0.15) is 0 Å². The summed E-state index contributed by atoms with van der Waals surface area (Å²) in [5, 5.41) is 20.3. The highest BCUT2D eigenvalue weighted by molar-refractivity contribution is 7.99. The average molecular weight is 257 g/mol. The molecule has 6 nitrogen and oxygen atoms in total. The summed E-state index contributed by atoms with van der Waals surface area (Å²) in [6.07, 6.45) is 2.10. The van der Waals surface area contributed by atoms with E-state index < -0.39 is 11.5 Å². The van der Waals surface area contributed by atoms with Crippen LogP contribution in [0.1, 0.15) is 25.7 Å². The summed E-state index contributed by atoms with van der Waals surface area (Å²) in [5.41, 5.74) is -0.950. The van der Waals surface area contributed by atoms with Gasteiger partial charge in [-0.15, -0.1) is 10.2 Å². The molecular formula is C10H15N3O3S. The van der Waals surface area contributed by atoms with Gasteiger partial charge >= 0.3 is 5.97 Å². The molecular weight excluding hydrogens is 242 g/mol. The molecule has 7 heteroatoms. The van der Waals surface area contributed by atoms with Crippen LogP contribution in [0, 0.1) is 6.92 Å². The number of aliphatic carboxylic acids is 1. The van der Waals surface area contributed by atoms with Crippen LogP contribution < -0.4 is 5.32 Å². The summed E-state index contributed by atoms with van der Waals surface area (Å²) in [6, 6.07) is 0.334. The lowest BCUT2D eigenvalue weighted by Gasteiger charge is -2.25. The predicted molar refractivity (Wildman–Crippen MR) is 62.0 cm³/mol. The maximum atomic E-state index is 11.3. The quantitative estimate of drug-likeness (QED) is 0.737. The van der Waals surface area contributed by atoms with Crippen molar-refractivity contribution in [2.24, 2.45) is 0 Å². The Kier molecular flexibility index (Phi) is 3.39. The lowest BCUT2D eigenvalue weighted by Crippen LogP contribution is -2.52. The van der Waals surface area contributed by atoms with E-state index in [0.29, 0.717) is 22.9 Å². The van der Waals surface area contributed by atoms with Gasteiger partial charge in [0.25, 0.3) is 5.22 Å². The van der Waals surface area contributed by atoms with Crippen LogP contribution in [-0.2, 0) is 4.79 Å². The van der Waals surface area contributed by atoms with Crippen LogP contribution in [0.15, 0.2) is 9.64 Å². The van der Waals surface area contributed by atoms with Crippen molar-refractivity contribution in [2.75, 3.05) is 5.75 Å². The molecule has 1 heterocycles. The van der Waals surface area contributed by atoms with E-state index in [1.165, 1.54) is 11.8 Å². The first kappa shape index (κ1) is 12.4.